The van der Waals surface area contributed by atoms with E-state index in [1.807, 2.05) is 25.1 Å². The Kier molecular flexibility index (Phi) is 4.23. The minimum Gasteiger partial charge on any atom is -0.493 e. The van der Waals surface area contributed by atoms with Crippen molar-refractivity contribution in [2.24, 2.45) is 5.73 Å². The summed E-state index contributed by atoms with van der Waals surface area (Å²) in [5.74, 6) is 0.744. The largest absolute Gasteiger partial charge is 0.493 e. The van der Waals surface area contributed by atoms with Gasteiger partial charge < -0.3 is 15.2 Å². The van der Waals surface area contributed by atoms with Gasteiger partial charge in [-0.3, -0.25) is 0 Å². The topological polar surface area (TPSA) is 61.6 Å². The molecule has 1 atom stereocenters. The number of ether oxygens (including phenoxy) is 2. The second kappa shape index (κ2) is 6.10. The third-order valence-corrected chi connectivity index (χ3v) is 4.78. The maximum Gasteiger partial charge on any atom is 0.405 e. The van der Waals surface area contributed by atoms with Crippen LogP contribution < -0.4 is 10.5 Å². The van der Waals surface area contributed by atoms with Gasteiger partial charge in [0, 0.05) is 12.0 Å². The third kappa shape index (κ3) is 3.48. The van der Waals surface area contributed by atoms with Gasteiger partial charge in [-0.2, -0.15) is 0 Å². The first-order valence-electron chi connectivity index (χ1n) is 8.56. The first-order valence-corrected chi connectivity index (χ1v) is 8.56. The molecule has 2 aromatic carbocycles. The van der Waals surface area contributed by atoms with E-state index in [0.29, 0.717) is 13.0 Å². The lowest BCUT2D eigenvalue weighted by Gasteiger charge is -2.34. The summed E-state index contributed by atoms with van der Waals surface area (Å²) in [6, 6.07) is 14.6. The Hall–Kier alpha value is -2.49. The van der Waals surface area contributed by atoms with Gasteiger partial charge in [-0.05, 0) is 35.1 Å². The van der Waals surface area contributed by atoms with E-state index < -0.39 is 11.7 Å². The molecule has 1 heterocycles. The van der Waals surface area contributed by atoms with Crippen molar-refractivity contribution in [1.82, 2.24) is 0 Å². The van der Waals surface area contributed by atoms with Crippen LogP contribution in [0.25, 0.3) is 11.1 Å². The number of hydrogen-bond acceptors (Lipinski definition) is 3. The Morgan fingerprint density at radius 3 is 2.56 bits per heavy atom. The zero-order chi connectivity index (χ0) is 18.2. The Morgan fingerprint density at radius 1 is 1.16 bits per heavy atom. The second-order valence-corrected chi connectivity index (χ2v) is 7.79. The Bertz CT molecular complexity index is 807. The van der Waals surface area contributed by atoms with Gasteiger partial charge in [0.15, 0.2) is 0 Å². The summed E-state index contributed by atoms with van der Waals surface area (Å²) in [6.07, 6.45) is -0.181. The van der Waals surface area contributed by atoms with Crippen molar-refractivity contribution >= 4 is 6.09 Å². The molecule has 1 aliphatic heterocycles. The van der Waals surface area contributed by atoms with Crippen molar-refractivity contribution < 1.29 is 14.3 Å². The van der Waals surface area contributed by atoms with E-state index in [4.69, 9.17) is 15.2 Å². The summed E-state index contributed by atoms with van der Waals surface area (Å²) < 4.78 is 11.2. The minimum absolute atomic E-state index is 0.0919. The second-order valence-electron chi connectivity index (χ2n) is 7.79. The Labute approximate surface area is 148 Å². The molecule has 0 aliphatic carbocycles. The van der Waals surface area contributed by atoms with Crippen molar-refractivity contribution in [2.75, 3.05) is 6.61 Å². The molecule has 0 saturated heterocycles. The minimum atomic E-state index is -0.766. The molecule has 3 rings (SSSR count). The number of hydrogen-bond donors (Lipinski definition) is 1. The van der Waals surface area contributed by atoms with Gasteiger partial charge in [0.05, 0.1) is 6.61 Å². The molecular formula is C21H25NO3. The zero-order valence-electron chi connectivity index (χ0n) is 15.3. The van der Waals surface area contributed by atoms with Gasteiger partial charge in [0.25, 0.3) is 0 Å². The molecule has 0 spiro atoms. The maximum absolute atomic E-state index is 11.3. The van der Waals surface area contributed by atoms with Crippen LogP contribution >= 0.6 is 0 Å². The molecule has 4 nitrogen and oxygen atoms in total. The van der Waals surface area contributed by atoms with E-state index in [2.05, 4.69) is 45.0 Å². The number of rotatable bonds is 2. The number of carbonyl (C=O) groups is 1. The molecule has 1 aliphatic rings. The lowest BCUT2D eigenvalue weighted by molar-refractivity contribution is -0.00280. The van der Waals surface area contributed by atoms with Gasteiger partial charge in [-0.25, -0.2) is 4.79 Å². The first-order chi connectivity index (χ1) is 11.7. The molecule has 4 heteroatoms. The fourth-order valence-electron chi connectivity index (χ4n) is 3.24. The number of amides is 1. The van der Waals surface area contributed by atoms with E-state index in [1.54, 1.807) is 0 Å². The lowest BCUT2D eigenvalue weighted by Crippen LogP contribution is -2.36. The van der Waals surface area contributed by atoms with Gasteiger partial charge >= 0.3 is 6.09 Å². The quantitative estimate of drug-likeness (QED) is 0.859. The monoisotopic (exact) mass is 339 g/mol. The highest BCUT2D eigenvalue weighted by atomic mass is 16.6. The standard InChI is InChI=1S/C21H25NO3/c1-20(2,3)16-7-5-6-14(12-16)15-8-9-17-18(13-15)24-11-10-21(17,4)25-19(22)23/h5-9,12-13H,10-11H2,1-4H3,(H2,22,23). The van der Waals surface area contributed by atoms with Gasteiger partial charge in [-0.15, -0.1) is 0 Å². The summed E-state index contributed by atoms with van der Waals surface area (Å²) in [7, 11) is 0. The van der Waals surface area contributed by atoms with E-state index >= 15 is 0 Å². The van der Waals surface area contributed by atoms with E-state index in [1.165, 1.54) is 5.56 Å². The summed E-state index contributed by atoms with van der Waals surface area (Å²) in [5.41, 5.74) is 8.94. The smallest absolute Gasteiger partial charge is 0.405 e. The predicted molar refractivity (Wildman–Crippen MR) is 98.7 cm³/mol. The van der Waals surface area contributed by atoms with Crippen molar-refractivity contribution in [2.45, 2.75) is 45.1 Å². The van der Waals surface area contributed by atoms with Crippen LogP contribution in [0.1, 0.15) is 45.2 Å². The van der Waals surface area contributed by atoms with E-state index in [-0.39, 0.29) is 5.41 Å². The average Bonchev–Trinajstić information content (AvgIpc) is 2.53. The van der Waals surface area contributed by atoms with Crippen molar-refractivity contribution in [1.29, 1.82) is 0 Å². The summed E-state index contributed by atoms with van der Waals surface area (Å²) in [6.45, 7) is 8.97. The normalized spacial score (nSPS) is 19.7. The highest BCUT2D eigenvalue weighted by Gasteiger charge is 2.36. The molecule has 0 radical (unpaired) electrons. The highest BCUT2D eigenvalue weighted by molar-refractivity contribution is 5.69. The van der Waals surface area contributed by atoms with Gasteiger partial charge in [0.2, 0.25) is 0 Å². The van der Waals surface area contributed by atoms with Crippen molar-refractivity contribution in [3.63, 3.8) is 0 Å². The van der Waals surface area contributed by atoms with Crippen LogP contribution in [0.4, 0.5) is 4.79 Å². The molecule has 2 N–H and O–H groups in total. The first kappa shape index (κ1) is 17.3. The third-order valence-electron chi connectivity index (χ3n) is 4.78. The lowest BCUT2D eigenvalue weighted by atomic mass is 9.84. The molecule has 0 fully saturated rings. The number of benzene rings is 2. The number of primary amides is 1. The van der Waals surface area contributed by atoms with Crippen LogP contribution in [0.5, 0.6) is 5.75 Å². The highest BCUT2D eigenvalue weighted by Crippen LogP contribution is 2.41. The van der Waals surface area contributed by atoms with E-state index in [0.717, 1.165) is 22.4 Å². The Morgan fingerprint density at radius 2 is 1.88 bits per heavy atom. The van der Waals surface area contributed by atoms with Crippen LogP contribution in [-0.2, 0) is 15.8 Å². The average molecular weight is 339 g/mol. The summed E-state index contributed by atoms with van der Waals surface area (Å²) in [5, 5.41) is 0. The molecule has 0 aromatic heterocycles. The van der Waals surface area contributed by atoms with Crippen LogP contribution in [0.3, 0.4) is 0 Å². The number of fused-ring (bicyclic) bond motifs is 1. The van der Waals surface area contributed by atoms with Crippen molar-refractivity contribution in [3.8, 4) is 16.9 Å². The fraction of sp³-hybridized carbons (Fsp3) is 0.381. The van der Waals surface area contributed by atoms with Crippen LogP contribution in [0.15, 0.2) is 42.5 Å². The summed E-state index contributed by atoms with van der Waals surface area (Å²) >= 11 is 0. The number of nitrogens with two attached hydrogens (primary N) is 1. The molecule has 1 unspecified atom stereocenters. The molecule has 1 amide bonds. The molecule has 25 heavy (non-hydrogen) atoms. The van der Waals surface area contributed by atoms with Crippen molar-refractivity contribution in [3.05, 3.63) is 53.6 Å². The van der Waals surface area contributed by atoms with Crippen LogP contribution in [-0.4, -0.2) is 12.7 Å². The van der Waals surface area contributed by atoms with Crippen LogP contribution in [0.2, 0.25) is 0 Å². The van der Waals surface area contributed by atoms with Gasteiger partial charge in [0.1, 0.15) is 11.4 Å². The van der Waals surface area contributed by atoms with Crippen LogP contribution in [0, 0.1) is 0 Å². The van der Waals surface area contributed by atoms with E-state index in [9.17, 15) is 4.79 Å². The molecule has 0 bridgehead atoms. The Balaban J connectivity index is 2.01. The molecule has 132 valence electrons. The molecule has 0 saturated carbocycles. The number of carbonyl (C=O) groups excluding carboxylic acids is 1. The maximum atomic E-state index is 11.3. The zero-order valence-corrected chi connectivity index (χ0v) is 15.3. The molecule has 2 aromatic rings. The predicted octanol–water partition coefficient (Wildman–Crippen LogP) is 4.74. The SMILES string of the molecule is CC(C)(C)c1cccc(-c2ccc3c(c2)OCCC3(C)OC(N)=O)c1. The van der Waals surface area contributed by atoms with Gasteiger partial charge in [-0.1, -0.05) is 57.2 Å². The summed E-state index contributed by atoms with van der Waals surface area (Å²) in [4.78, 5) is 11.3. The molecular weight excluding hydrogens is 314 g/mol. The fourth-order valence-corrected chi connectivity index (χ4v) is 3.24.